The number of nitro benzene ring substituents is 1. The maximum atomic E-state index is 11.2. The van der Waals surface area contributed by atoms with Crippen molar-refractivity contribution in [2.45, 2.75) is 32.1 Å². The fourth-order valence-electron chi connectivity index (χ4n) is 2.75. The molecule has 0 saturated heterocycles. The van der Waals surface area contributed by atoms with Gasteiger partial charge in [0.2, 0.25) is 0 Å². The van der Waals surface area contributed by atoms with Crippen LogP contribution in [0, 0.1) is 16.0 Å². The summed E-state index contributed by atoms with van der Waals surface area (Å²) in [6, 6.07) is 2.21. The van der Waals surface area contributed by atoms with Gasteiger partial charge >= 0.3 is 5.97 Å². The Morgan fingerprint density at radius 1 is 1.43 bits per heavy atom. The van der Waals surface area contributed by atoms with Crippen LogP contribution in [-0.2, 0) is 0 Å². The number of carboxylic acid groups (broad SMARTS) is 1. The van der Waals surface area contributed by atoms with Gasteiger partial charge in [-0.05, 0) is 12.3 Å². The number of anilines is 1. The first-order valence-electron chi connectivity index (χ1n) is 6.94. The van der Waals surface area contributed by atoms with E-state index in [0.717, 1.165) is 12.5 Å². The summed E-state index contributed by atoms with van der Waals surface area (Å²) < 4.78 is 0. The average molecular weight is 313 g/mol. The summed E-state index contributed by atoms with van der Waals surface area (Å²) in [5.74, 6) is -0.563. The molecule has 0 bridgehead atoms. The topological polar surface area (TPSA) is 92.5 Å². The number of benzene rings is 1. The molecule has 2 rings (SSSR count). The largest absolute Gasteiger partial charge is 0.478 e. The monoisotopic (exact) mass is 312 g/mol. The lowest BCUT2D eigenvalue weighted by atomic mass is 10.0. The Hall–Kier alpha value is -1.82. The van der Waals surface area contributed by atoms with E-state index in [-0.39, 0.29) is 22.0 Å². The number of aromatic carboxylic acids is 1. The molecular formula is C14H17ClN2O4. The number of nitrogens with one attached hydrogen (secondary N) is 1. The zero-order chi connectivity index (χ0) is 15.4. The van der Waals surface area contributed by atoms with Crippen LogP contribution in [0.25, 0.3) is 0 Å². The van der Waals surface area contributed by atoms with Gasteiger partial charge in [-0.3, -0.25) is 10.1 Å². The third-order valence-electron chi connectivity index (χ3n) is 3.85. The minimum atomic E-state index is -1.23. The number of rotatable bonds is 6. The number of carboxylic acids is 1. The predicted octanol–water partition coefficient (Wildman–Crippen LogP) is 3.94. The van der Waals surface area contributed by atoms with E-state index in [0.29, 0.717) is 12.5 Å². The number of nitrogens with zero attached hydrogens (tertiary/aromatic N) is 1. The van der Waals surface area contributed by atoms with E-state index in [4.69, 9.17) is 11.6 Å². The molecule has 0 aromatic heterocycles. The first-order chi connectivity index (χ1) is 9.99. The van der Waals surface area contributed by atoms with Crippen LogP contribution in [0.4, 0.5) is 11.4 Å². The van der Waals surface area contributed by atoms with Crippen molar-refractivity contribution in [3.63, 3.8) is 0 Å². The molecule has 0 radical (unpaired) electrons. The zero-order valence-electron chi connectivity index (χ0n) is 11.5. The molecular weight excluding hydrogens is 296 g/mol. The first-order valence-corrected chi connectivity index (χ1v) is 7.32. The second-order valence-corrected chi connectivity index (χ2v) is 5.69. The normalized spacial score (nSPS) is 15.1. The van der Waals surface area contributed by atoms with Crippen LogP contribution in [0.2, 0.25) is 5.02 Å². The molecule has 1 aliphatic rings. The molecule has 21 heavy (non-hydrogen) atoms. The van der Waals surface area contributed by atoms with Crippen LogP contribution >= 0.6 is 11.6 Å². The van der Waals surface area contributed by atoms with Gasteiger partial charge in [-0.2, -0.15) is 0 Å². The molecule has 7 heteroatoms. The highest BCUT2D eigenvalue weighted by molar-refractivity contribution is 6.34. The van der Waals surface area contributed by atoms with Crippen molar-refractivity contribution in [2.24, 2.45) is 5.92 Å². The highest BCUT2D eigenvalue weighted by Gasteiger charge is 2.20. The number of hydrogen-bond acceptors (Lipinski definition) is 4. The summed E-state index contributed by atoms with van der Waals surface area (Å²) in [5, 5.41) is 23.0. The second kappa shape index (κ2) is 6.76. The van der Waals surface area contributed by atoms with Crippen LogP contribution in [-0.4, -0.2) is 22.5 Å². The molecule has 2 N–H and O–H groups in total. The minimum Gasteiger partial charge on any atom is -0.478 e. The van der Waals surface area contributed by atoms with Crippen molar-refractivity contribution in [1.29, 1.82) is 0 Å². The average Bonchev–Trinajstić information content (AvgIpc) is 2.92. The summed E-state index contributed by atoms with van der Waals surface area (Å²) in [6.07, 6.45) is 5.88. The van der Waals surface area contributed by atoms with Gasteiger partial charge in [0.15, 0.2) is 0 Å². The highest BCUT2D eigenvalue weighted by Crippen LogP contribution is 2.32. The van der Waals surface area contributed by atoms with Crippen molar-refractivity contribution in [1.82, 2.24) is 0 Å². The molecule has 6 nitrogen and oxygen atoms in total. The number of nitro groups is 1. The van der Waals surface area contributed by atoms with Crippen molar-refractivity contribution in [3.05, 3.63) is 32.8 Å². The Balaban J connectivity index is 2.13. The van der Waals surface area contributed by atoms with Gasteiger partial charge in [-0.25, -0.2) is 4.79 Å². The van der Waals surface area contributed by atoms with E-state index in [1.165, 1.54) is 31.7 Å². The molecule has 114 valence electrons. The molecule has 0 amide bonds. The van der Waals surface area contributed by atoms with Crippen LogP contribution in [0.3, 0.4) is 0 Å². The lowest BCUT2D eigenvalue weighted by molar-refractivity contribution is -0.384. The maximum absolute atomic E-state index is 11.2. The van der Waals surface area contributed by atoms with E-state index in [2.05, 4.69) is 5.32 Å². The van der Waals surface area contributed by atoms with Crippen molar-refractivity contribution in [2.75, 3.05) is 11.9 Å². The third kappa shape index (κ3) is 3.85. The Morgan fingerprint density at radius 2 is 2.10 bits per heavy atom. The molecule has 0 atom stereocenters. The van der Waals surface area contributed by atoms with E-state index >= 15 is 0 Å². The van der Waals surface area contributed by atoms with Gasteiger partial charge in [0.25, 0.3) is 5.69 Å². The predicted molar refractivity (Wildman–Crippen MR) is 80.1 cm³/mol. The minimum absolute atomic E-state index is 0.0630. The van der Waals surface area contributed by atoms with Gasteiger partial charge in [0.05, 0.1) is 21.2 Å². The van der Waals surface area contributed by atoms with Crippen LogP contribution < -0.4 is 5.32 Å². The van der Waals surface area contributed by atoms with Gasteiger partial charge in [0, 0.05) is 18.7 Å². The lowest BCUT2D eigenvalue weighted by Gasteiger charge is -2.14. The third-order valence-corrected chi connectivity index (χ3v) is 4.14. The fourth-order valence-corrected chi connectivity index (χ4v) is 3.03. The molecule has 1 fully saturated rings. The molecule has 1 saturated carbocycles. The molecule has 0 aliphatic heterocycles. The Bertz CT molecular complexity index is 556. The quantitative estimate of drug-likeness (QED) is 0.613. The lowest BCUT2D eigenvalue weighted by Crippen LogP contribution is -2.11. The van der Waals surface area contributed by atoms with Gasteiger partial charge < -0.3 is 10.4 Å². The Labute approximate surface area is 127 Å². The maximum Gasteiger partial charge on any atom is 0.338 e. The van der Waals surface area contributed by atoms with Crippen LogP contribution in [0.15, 0.2) is 12.1 Å². The Morgan fingerprint density at radius 3 is 2.67 bits per heavy atom. The van der Waals surface area contributed by atoms with E-state index < -0.39 is 10.9 Å². The van der Waals surface area contributed by atoms with Crippen molar-refractivity contribution >= 4 is 28.9 Å². The second-order valence-electron chi connectivity index (χ2n) is 5.28. The summed E-state index contributed by atoms with van der Waals surface area (Å²) in [4.78, 5) is 21.4. The molecule has 1 aliphatic carbocycles. The molecule has 1 aromatic rings. The first kappa shape index (κ1) is 15.6. The molecule has 0 heterocycles. The van der Waals surface area contributed by atoms with Crippen LogP contribution in [0.1, 0.15) is 42.5 Å². The number of non-ortho nitro benzene ring substituents is 1. The summed E-state index contributed by atoms with van der Waals surface area (Å²) >= 11 is 5.99. The van der Waals surface area contributed by atoms with E-state index in [9.17, 15) is 20.0 Å². The SMILES string of the molecule is O=C(O)c1cc([N+](=O)[O-])cc(Cl)c1NCCC1CCCC1. The van der Waals surface area contributed by atoms with E-state index in [1.807, 2.05) is 0 Å². The fraction of sp³-hybridized carbons (Fsp3) is 0.500. The van der Waals surface area contributed by atoms with Crippen molar-refractivity contribution in [3.8, 4) is 0 Å². The van der Waals surface area contributed by atoms with Crippen LogP contribution in [0.5, 0.6) is 0 Å². The summed E-state index contributed by atoms with van der Waals surface area (Å²) in [5.41, 5.74) is -0.230. The molecule has 1 aromatic carbocycles. The summed E-state index contributed by atoms with van der Waals surface area (Å²) in [6.45, 7) is 0.614. The zero-order valence-corrected chi connectivity index (χ0v) is 12.2. The van der Waals surface area contributed by atoms with Gasteiger partial charge in [0.1, 0.15) is 0 Å². The number of carbonyl (C=O) groups is 1. The molecule has 0 unspecified atom stereocenters. The summed E-state index contributed by atoms with van der Waals surface area (Å²) in [7, 11) is 0. The van der Waals surface area contributed by atoms with E-state index in [1.54, 1.807) is 0 Å². The van der Waals surface area contributed by atoms with Gasteiger partial charge in [-0.1, -0.05) is 37.3 Å². The standard InChI is InChI=1S/C14H17ClN2O4/c15-12-8-10(17(20)21)7-11(14(18)19)13(12)16-6-5-9-3-1-2-4-9/h7-9,16H,1-6H2,(H,18,19). The highest BCUT2D eigenvalue weighted by atomic mass is 35.5. The Kier molecular flexibility index (Phi) is 5.01. The number of hydrogen-bond donors (Lipinski definition) is 2. The number of halogens is 1. The van der Waals surface area contributed by atoms with Crippen molar-refractivity contribution < 1.29 is 14.8 Å². The molecule has 0 spiro atoms. The van der Waals surface area contributed by atoms with Gasteiger partial charge in [-0.15, -0.1) is 0 Å². The smallest absolute Gasteiger partial charge is 0.338 e.